The van der Waals surface area contributed by atoms with Gasteiger partial charge in [-0.15, -0.1) is 6.58 Å². The lowest BCUT2D eigenvalue weighted by Gasteiger charge is -2.37. The second-order valence-electron chi connectivity index (χ2n) is 3.39. The van der Waals surface area contributed by atoms with Gasteiger partial charge in [0, 0.05) is 6.42 Å². The van der Waals surface area contributed by atoms with Crippen LogP contribution < -0.4 is 0 Å². The van der Waals surface area contributed by atoms with Crippen molar-refractivity contribution in [1.29, 1.82) is 0 Å². The molecule has 0 saturated carbocycles. The predicted octanol–water partition coefficient (Wildman–Crippen LogP) is 4.82. The first-order chi connectivity index (χ1) is 8.83. The molecule has 0 aromatic heterocycles. The van der Waals surface area contributed by atoms with E-state index in [0.717, 1.165) is 0 Å². The molecular weight excluding hydrogens is 314 g/mol. The molecule has 1 nitrogen and oxygen atoms in total. The van der Waals surface area contributed by atoms with E-state index in [2.05, 4.69) is 11.3 Å². The maximum absolute atomic E-state index is 13.6. The Morgan fingerprint density at radius 2 is 1.50 bits per heavy atom. The Bertz CT molecular complexity index is 385. The molecule has 0 aromatic rings. The molecule has 0 N–H and O–H groups in total. The molecule has 0 aliphatic rings. The Labute approximate surface area is 105 Å². The molecule has 118 valence electrons. The molecule has 20 heavy (non-hydrogen) atoms. The van der Waals surface area contributed by atoms with Crippen molar-refractivity contribution in [2.24, 2.45) is 0 Å². The van der Waals surface area contributed by atoms with Crippen molar-refractivity contribution < 1.29 is 48.6 Å². The summed E-state index contributed by atoms with van der Waals surface area (Å²) in [5.74, 6) is -6.03. The molecule has 2 atom stereocenters. The number of halogens is 10. The van der Waals surface area contributed by atoms with Crippen LogP contribution in [0.25, 0.3) is 0 Å². The molecule has 0 rings (SSSR count). The molecule has 0 heterocycles. The van der Waals surface area contributed by atoms with Gasteiger partial charge in [0.25, 0.3) is 12.1 Å². The zero-order chi connectivity index (χ0) is 16.4. The van der Waals surface area contributed by atoms with Gasteiger partial charge in [0.1, 0.15) is 0 Å². The first-order valence-corrected chi connectivity index (χ1v) is 4.57. The van der Waals surface area contributed by atoms with Gasteiger partial charge >= 0.3 is 24.1 Å². The van der Waals surface area contributed by atoms with E-state index in [0.29, 0.717) is 0 Å². The van der Waals surface area contributed by atoms with Gasteiger partial charge < -0.3 is 4.74 Å². The normalized spacial score (nSPS) is 18.1. The predicted molar refractivity (Wildman–Crippen MR) is 46.0 cm³/mol. The third kappa shape index (κ3) is 3.18. The fourth-order valence-corrected chi connectivity index (χ4v) is 1.11. The summed E-state index contributed by atoms with van der Waals surface area (Å²) in [5, 5.41) is 0. The van der Waals surface area contributed by atoms with Gasteiger partial charge in [-0.3, -0.25) is 0 Å². The second-order valence-corrected chi connectivity index (χ2v) is 3.39. The highest BCUT2D eigenvalue weighted by Crippen LogP contribution is 2.51. The van der Waals surface area contributed by atoms with Crippen molar-refractivity contribution in [2.45, 2.75) is 30.5 Å². The van der Waals surface area contributed by atoms with Crippen LogP contribution >= 0.6 is 0 Å². The van der Waals surface area contributed by atoms with E-state index in [1.807, 2.05) is 0 Å². The van der Waals surface area contributed by atoms with Gasteiger partial charge in [0.05, 0.1) is 0 Å². The minimum absolute atomic E-state index is 0.128. The van der Waals surface area contributed by atoms with E-state index in [-0.39, 0.29) is 6.08 Å². The molecule has 0 aliphatic heterocycles. The monoisotopic (exact) mass is 320 g/mol. The fraction of sp³-hybridized carbons (Fsp3) is 0.556. The summed E-state index contributed by atoms with van der Waals surface area (Å²) in [7, 11) is 0. The summed E-state index contributed by atoms with van der Waals surface area (Å²) >= 11 is 0. The molecule has 2 unspecified atom stereocenters. The van der Waals surface area contributed by atoms with Crippen LogP contribution in [0.5, 0.6) is 0 Å². The number of alkyl halides is 7. The third-order valence-corrected chi connectivity index (χ3v) is 2.07. The highest BCUT2D eigenvalue weighted by atomic mass is 19.4. The Kier molecular flexibility index (Phi) is 5.50. The smallest absolute Gasteiger partial charge is 0.418 e. The number of allylic oxidation sites excluding steroid dienone is 1. The van der Waals surface area contributed by atoms with E-state index in [1.54, 1.807) is 0 Å². The average Bonchev–Trinajstić information content (AvgIpc) is 2.26. The molecule has 0 saturated heterocycles. The van der Waals surface area contributed by atoms with Gasteiger partial charge in [-0.1, -0.05) is 6.08 Å². The van der Waals surface area contributed by atoms with Crippen LogP contribution in [0.2, 0.25) is 0 Å². The van der Waals surface area contributed by atoms with Crippen molar-refractivity contribution >= 4 is 0 Å². The van der Waals surface area contributed by atoms with E-state index in [4.69, 9.17) is 0 Å². The van der Waals surface area contributed by atoms with Gasteiger partial charge in [-0.05, 0) is 0 Å². The van der Waals surface area contributed by atoms with Crippen LogP contribution in [-0.2, 0) is 4.74 Å². The first kappa shape index (κ1) is 18.6. The average molecular weight is 320 g/mol. The lowest BCUT2D eigenvalue weighted by atomic mass is 9.92. The van der Waals surface area contributed by atoms with Crippen LogP contribution in [0.1, 0.15) is 6.42 Å². The molecule has 11 heteroatoms. The zero-order valence-electron chi connectivity index (χ0n) is 9.26. The van der Waals surface area contributed by atoms with Crippen LogP contribution in [-0.4, -0.2) is 24.1 Å². The van der Waals surface area contributed by atoms with E-state index in [9.17, 15) is 43.9 Å². The minimum Gasteiger partial charge on any atom is -0.418 e. The maximum Gasteiger partial charge on any atom is 0.464 e. The molecule has 0 bridgehead atoms. The summed E-state index contributed by atoms with van der Waals surface area (Å²) in [4.78, 5) is 0. The van der Waals surface area contributed by atoms with Crippen molar-refractivity contribution in [3.8, 4) is 0 Å². The number of ether oxygens (including phenoxy) is 1. The molecule has 0 amide bonds. The molecule has 0 spiro atoms. The lowest BCUT2D eigenvalue weighted by Crippen LogP contribution is -2.62. The van der Waals surface area contributed by atoms with Crippen molar-refractivity contribution in [3.63, 3.8) is 0 Å². The molecule has 0 aliphatic carbocycles. The van der Waals surface area contributed by atoms with Crippen LogP contribution in [0.15, 0.2) is 24.7 Å². The summed E-state index contributed by atoms with van der Waals surface area (Å²) in [5.41, 5.74) is -5.17. The topological polar surface area (TPSA) is 9.23 Å². The van der Waals surface area contributed by atoms with Gasteiger partial charge in [0.15, 0.2) is 0 Å². The Morgan fingerprint density at radius 1 is 1.05 bits per heavy atom. The van der Waals surface area contributed by atoms with Crippen LogP contribution in [0.3, 0.4) is 0 Å². The van der Waals surface area contributed by atoms with Crippen molar-refractivity contribution in [1.82, 2.24) is 0 Å². The van der Waals surface area contributed by atoms with Gasteiger partial charge in [-0.2, -0.15) is 30.7 Å². The number of hydrogen-bond acceptors (Lipinski definition) is 1. The Hall–Kier alpha value is -1.42. The highest BCUT2D eigenvalue weighted by Gasteiger charge is 2.76. The molecule has 0 aromatic carbocycles. The SMILES string of the molecule is C=CCC(F)(C(F)F)C(F)(OC(F)=C(F)F)C(F)(F)F. The van der Waals surface area contributed by atoms with Crippen LogP contribution in [0, 0.1) is 0 Å². The molecule has 0 radical (unpaired) electrons. The minimum atomic E-state index is -6.56. The maximum atomic E-state index is 13.6. The standard InChI is InChI=1S/C9H6F10O/c1-2-3-7(15,6(13)14)8(16,9(17,18)19)20-5(12)4(10)11/h2,6H,1,3H2. The van der Waals surface area contributed by atoms with Gasteiger partial charge in [-0.25, -0.2) is 13.2 Å². The lowest BCUT2D eigenvalue weighted by molar-refractivity contribution is -0.384. The Balaban J connectivity index is 6.01. The Morgan fingerprint density at radius 3 is 1.75 bits per heavy atom. The number of hydrogen-bond donors (Lipinski definition) is 0. The third-order valence-electron chi connectivity index (χ3n) is 2.07. The zero-order valence-corrected chi connectivity index (χ0v) is 9.26. The second kappa shape index (κ2) is 5.92. The summed E-state index contributed by atoms with van der Waals surface area (Å²) in [6.07, 6.45) is -16.6. The quantitative estimate of drug-likeness (QED) is 0.387. The molecular formula is C9H6F10O. The first-order valence-electron chi connectivity index (χ1n) is 4.57. The van der Waals surface area contributed by atoms with Gasteiger partial charge in [0.2, 0.25) is 0 Å². The summed E-state index contributed by atoms with van der Waals surface area (Å²) in [6, 6.07) is -3.46. The fourth-order valence-electron chi connectivity index (χ4n) is 1.11. The van der Waals surface area contributed by atoms with E-state index < -0.39 is 42.6 Å². The highest BCUT2D eigenvalue weighted by molar-refractivity contribution is 5.06. The molecule has 0 fully saturated rings. The van der Waals surface area contributed by atoms with E-state index >= 15 is 0 Å². The summed E-state index contributed by atoms with van der Waals surface area (Å²) in [6.45, 7) is 2.62. The summed E-state index contributed by atoms with van der Waals surface area (Å²) < 4.78 is 127. The van der Waals surface area contributed by atoms with Crippen LogP contribution in [0.4, 0.5) is 43.9 Å². The largest absolute Gasteiger partial charge is 0.464 e. The van der Waals surface area contributed by atoms with Crippen molar-refractivity contribution in [3.05, 3.63) is 24.7 Å². The van der Waals surface area contributed by atoms with Crippen molar-refractivity contribution in [2.75, 3.05) is 0 Å². The number of rotatable bonds is 6. The van der Waals surface area contributed by atoms with E-state index in [1.165, 1.54) is 0 Å².